The number of nitrogens with zero attached hydrogens (tertiary/aromatic N) is 6. The van der Waals surface area contributed by atoms with E-state index in [-0.39, 0.29) is 6.03 Å². The number of imidazole rings is 1. The van der Waals surface area contributed by atoms with Crippen LogP contribution in [0, 0.1) is 11.3 Å². The van der Waals surface area contributed by atoms with Crippen LogP contribution in [-0.4, -0.2) is 37.3 Å². The number of hydrogen-bond acceptors (Lipinski definition) is 4. The van der Waals surface area contributed by atoms with E-state index < -0.39 is 0 Å². The van der Waals surface area contributed by atoms with Crippen molar-refractivity contribution in [1.29, 1.82) is 5.26 Å². The molecule has 3 aromatic rings. The zero-order valence-corrected chi connectivity index (χ0v) is 14.8. The molecule has 1 N–H and O–H groups in total. The zero-order valence-electron chi connectivity index (χ0n) is 14.8. The molecule has 3 rings (SSSR count). The molecule has 26 heavy (non-hydrogen) atoms. The minimum atomic E-state index is -0.247. The third kappa shape index (κ3) is 3.57. The largest absolute Gasteiger partial charge is 0.333 e. The summed E-state index contributed by atoms with van der Waals surface area (Å²) >= 11 is 0. The van der Waals surface area contributed by atoms with Crippen molar-refractivity contribution >= 4 is 11.8 Å². The topological polar surface area (TPSA) is 91.8 Å². The zero-order chi connectivity index (χ0) is 18.7. The Bertz CT molecular complexity index is 962. The minimum Gasteiger partial charge on any atom is -0.333 e. The van der Waals surface area contributed by atoms with Gasteiger partial charge in [-0.2, -0.15) is 10.4 Å². The predicted octanol–water partition coefficient (Wildman–Crippen LogP) is 2.36. The van der Waals surface area contributed by atoms with Gasteiger partial charge in [-0.15, -0.1) is 0 Å². The van der Waals surface area contributed by atoms with E-state index in [9.17, 15) is 4.79 Å². The molecule has 8 nitrogen and oxygen atoms in total. The van der Waals surface area contributed by atoms with Gasteiger partial charge in [-0.1, -0.05) is 12.1 Å². The maximum atomic E-state index is 12.5. The Morgan fingerprint density at radius 2 is 2.04 bits per heavy atom. The van der Waals surface area contributed by atoms with Crippen molar-refractivity contribution in [2.75, 3.05) is 12.4 Å². The van der Waals surface area contributed by atoms with E-state index in [1.165, 1.54) is 0 Å². The second-order valence-electron chi connectivity index (χ2n) is 6.00. The van der Waals surface area contributed by atoms with Crippen LogP contribution < -0.4 is 5.32 Å². The predicted molar refractivity (Wildman–Crippen MR) is 97.1 cm³/mol. The smallest absolute Gasteiger partial charge is 0.323 e. The minimum absolute atomic E-state index is 0.247. The molecule has 2 aromatic heterocycles. The summed E-state index contributed by atoms with van der Waals surface area (Å²) in [5, 5.41) is 16.1. The molecule has 1 aromatic carbocycles. The van der Waals surface area contributed by atoms with Gasteiger partial charge in [0.05, 0.1) is 11.6 Å². The fourth-order valence-corrected chi connectivity index (χ4v) is 2.54. The standard InChI is InChI=1S/C18H19N7O/c1-23-9-8-20-17(23)15-10-16(25(3)22-15)21-18(26)24(2)12-14-6-4-13(11-19)5-7-14/h4-10H,12H2,1-3H3,(H,21,26). The van der Waals surface area contributed by atoms with Crippen molar-refractivity contribution in [2.24, 2.45) is 14.1 Å². The van der Waals surface area contributed by atoms with Crippen LogP contribution in [0.4, 0.5) is 10.6 Å². The Morgan fingerprint density at radius 3 is 2.65 bits per heavy atom. The van der Waals surface area contributed by atoms with Gasteiger partial charge < -0.3 is 9.47 Å². The lowest BCUT2D eigenvalue weighted by atomic mass is 10.1. The van der Waals surface area contributed by atoms with E-state index in [1.54, 1.807) is 48.1 Å². The Morgan fingerprint density at radius 1 is 1.31 bits per heavy atom. The van der Waals surface area contributed by atoms with Gasteiger partial charge in [0.1, 0.15) is 11.5 Å². The highest BCUT2D eigenvalue weighted by Crippen LogP contribution is 2.19. The number of rotatable bonds is 4. The molecule has 132 valence electrons. The maximum absolute atomic E-state index is 12.5. The second-order valence-corrected chi connectivity index (χ2v) is 6.00. The van der Waals surface area contributed by atoms with Crippen molar-refractivity contribution in [2.45, 2.75) is 6.54 Å². The number of urea groups is 1. The molecule has 8 heteroatoms. The summed E-state index contributed by atoms with van der Waals surface area (Å²) in [5.74, 6) is 1.31. The second kappa shape index (κ2) is 7.11. The van der Waals surface area contributed by atoms with Gasteiger partial charge in [-0.05, 0) is 17.7 Å². The first-order valence-corrected chi connectivity index (χ1v) is 8.01. The highest BCUT2D eigenvalue weighted by molar-refractivity contribution is 5.88. The number of benzene rings is 1. The Balaban J connectivity index is 1.68. The van der Waals surface area contributed by atoms with Gasteiger partial charge in [-0.25, -0.2) is 9.78 Å². The number of amides is 2. The van der Waals surface area contributed by atoms with Gasteiger partial charge in [0.25, 0.3) is 0 Å². The number of nitriles is 1. The van der Waals surface area contributed by atoms with Crippen LogP contribution in [0.25, 0.3) is 11.5 Å². The third-order valence-electron chi connectivity index (χ3n) is 4.01. The fourth-order valence-electron chi connectivity index (χ4n) is 2.54. The summed E-state index contributed by atoms with van der Waals surface area (Å²) < 4.78 is 3.47. The highest BCUT2D eigenvalue weighted by atomic mass is 16.2. The Labute approximate surface area is 151 Å². The van der Waals surface area contributed by atoms with E-state index in [2.05, 4.69) is 21.5 Å². The molecule has 0 unspecified atom stereocenters. The van der Waals surface area contributed by atoms with E-state index in [0.29, 0.717) is 23.6 Å². The lowest BCUT2D eigenvalue weighted by Gasteiger charge is -2.18. The average Bonchev–Trinajstić information content (AvgIpc) is 3.21. The van der Waals surface area contributed by atoms with E-state index in [4.69, 9.17) is 5.26 Å². The number of anilines is 1. The number of aromatic nitrogens is 4. The van der Waals surface area contributed by atoms with Gasteiger partial charge in [-0.3, -0.25) is 10.00 Å². The Kier molecular flexibility index (Phi) is 4.71. The highest BCUT2D eigenvalue weighted by Gasteiger charge is 2.15. The van der Waals surface area contributed by atoms with E-state index >= 15 is 0 Å². The van der Waals surface area contributed by atoms with Crippen LogP contribution >= 0.6 is 0 Å². The number of carbonyl (C=O) groups is 1. The molecular formula is C18H19N7O. The molecule has 0 spiro atoms. The molecular weight excluding hydrogens is 330 g/mol. The first-order chi connectivity index (χ1) is 12.5. The third-order valence-corrected chi connectivity index (χ3v) is 4.01. The van der Waals surface area contributed by atoms with Crippen LogP contribution in [0.5, 0.6) is 0 Å². The van der Waals surface area contributed by atoms with Gasteiger partial charge in [0.2, 0.25) is 0 Å². The molecule has 0 saturated carbocycles. The molecule has 0 aliphatic heterocycles. The summed E-state index contributed by atoms with van der Waals surface area (Å²) in [7, 11) is 5.37. The van der Waals surface area contributed by atoms with Crippen LogP contribution in [0.2, 0.25) is 0 Å². The van der Waals surface area contributed by atoms with E-state index in [0.717, 1.165) is 11.4 Å². The average molecular weight is 349 g/mol. The summed E-state index contributed by atoms with van der Waals surface area (Å²) in [6, 6.07) is 10.8. The monoisotopic (exact) mass is 349 g/mol. The molecule has 2 amide bonds. The quantitative estimate of drug-likeness (QED) is 0.782. The lowest BCUT2D eigenvalue weighted by molar-refractivity contribution is 0.220. The molecule has 0 fully saturated rings. The lowest BCUT2D eigenvalue weighted by Crippen LogP contribution is -2.31. The van der Waals surface area contributed by atoms with Crippen molar-refractivity contribution in [1.82, 2.24) is 24.2 Å². The number of carbonyl (C=O) groups excluding carboxylic acids is 1. The van der Waals surface area contributed by atoms with Crippen LogP contribution in [0.3, 0.4) is 0 Å². The van der Waals surface area contributed by atoms with E-state index in [1.807, 2.05) is 29.9 Å². The van der Waals surface area contributed by atoms with Crippen molar-refractivity contribution in [3.8, 4) is 17.6 Å². The van der Waals surface area contributed by atoms with Gasteiger partial charge in [0, 0.05) is 46.1 Å². The first-order valence-electron chi connectivity index (χ1n) is 8.01. The number of nitrogens with one attached hydrogen (secondary N) is 1. The molecule has 0 aliphatic carbocycles. The molecule has 0 saturated heterocycles. The molecule has 0 aliphatic rings. The summed E-state index contributed by atoms with van der Waals surface area (Å²) in [6.45, 7) is 0.432. The first kappa shape index (κ1) is 17.2. The van der Waals surface area contributed by atoms with Gasteiger partial charge >= 0.3 is 6.03 Å². The van der Waals surface area contributed by atoms with Crippen LogP contribution in [0.15, 0.2) is 42.7 Å². The molecule has 0 radical (unpaired) electrons. The fraction of sp³-hybridized carbons (Fsp3) is 0.222. The van der Waals surface area contributed by atoms with Crippen LogP contribution in [-0.2, 0) is 20.6 Å². The SMILES string of the molecule is CN(Cc1ccc(C#N)cc1)C(=O)Nc1cc(-c2nccn2C)nn1C. The van der Waals surface area contributed by atoms with Crippen molar-refractivity contribution in [3.63, 3.8) is 0 Å². The van der Waals surface area contributed by atoms with Crippen LogP contribution in [0.1, 0.15) is 11.1 Å². The number of aryl methyl sites for hydroxylation is 2. The summed E-state index contributed by atoms with van der Waals surface area (Å²) in [5.41, 5.74) is 2.22. The molecule has 0 atom stereocenters. The normalized spacial score (nSPS) is 10.4. The maximum Gasteiger partial charge on any atom is 0.323 e. The van der Waals surface area contributed by atoms with Crippen molar-refractivity contribution < 1.29 is 4.79 Å². The Hall–Kier alpha value is -3.60. The van der Waals surface area contributed by atoms with Gasteiger partial charge in [0.15, 0.2) is 5.82 Å². The summed E-state index contributed by atoms with van der Waals surface area (Å²) in [6.07, 6.45) is 3.54. The van der Waals surface area contributed by atoms with Crippen molar-refractivity contribution in [3.05, 3.63) is 53.9 Å². The summed E-state index contributed by atoms with van der Waals surface area (Å²) in [4.78, 5) is 18.3. The molecule has 0 bridgehead atoms. The molecule has 2 heterocycles. The number of hydrogen-bond donors (Lipinski definition) is 1.